The SMILES string of the molecule is CCC1OC(COCC2C(C(=O)NNC(=O)CCN3C(=O)CC(SCC(N)C(=O)NC(CCCN=C(N)N)C(=O)NC(CCC(=O)O)C(=O)NC(CCCCN)C(=O)NC(C)C(=O)O)C3=O)OC(OC3C(CC)OC(COCC4C(O)C(OS(=O)(=O)O)CC(OC5C(CC)OC(OC)C(NS(=O)(=O)O)C5O)C4S(=O)O)C(NS(=O)(=O)O)C3OS(=O)(=O)O)C(O)C2O)C(NS(=O)(=O)O)C(O)C1O. The van der Waals surface area contributed by atoms with Gasteiger partial charge in [-0.2, -0.15) is 56.3 Å². The average molecular weight is 2110 g/mol. The van der Waals surface area contributed by atoms with Crippen LogP contribution < -0.4 is 69.2 Å². The molecule has 68 heteroatoms. The number of carbonyl (C=O) groups excluding carboxylic acids is 8. The Bertz CT molecular complexity index is 4720. The van der Waals surface area contributed by atoms with Crippen molar-refractivity contribution in [3.05, 3.63) is 0 Å². The quantitative estimate of drug-likeness (QED) is 0.00511. The van der Waals surface area contributed by atoms with Crippen molar-refractivity contribution in [1.82, 2.24) is 51.2 Å². The Morgan fingerprint density at radius 3 is 1.64 bits per heavy atom. The topological polar surface area (TPSA) is 971 Å². The molecule has 6 fully saturated rings. The van der Waals surface area contributed by atoms with Crippen molar-refractivity contribution < 1.29 is 213 Å². The molecule has 8 amide bonds. The number of carboxylic acids is 2. The average Bonchev–Trinajstić information content (AvgIpc) is 0.781. The fourth-order valence-corrected chi connectivity index (χ4v) is 20.6. The number of thioether (sulfide) groups is 1. The molecule has 31 N–H and O–H groups in total. The number of unbranched alkanes of at least 4 members (excludes halogenated alkanes) is 1. The minimum absolute atomic E-state index is 0.0351. The molecule has 0 bridgehead atoms. The first kappa shape index (κ1) is 118. The predicted molar refractivity (Wildman–Crippen MR) is 455 cm³/mol. The van der Waals surface area contributed by atoms with Crippen molar-refractivity contribution in [2.45, 2.75) is 286 Å². The smallest absolute Gasteiger partial charge is 0.397 e. The number of guanidine groups is 1. The van der Waals surface area contributed by atoms with E-state index in [1.54, 1.807) is 14.2 Å². The third-order valence-electron chi connectivity index (χ3n) is 22.3. The number of ether oxygens (including phenoxy) is 9. The van der Waals surface area contributed by atoms with E-state index in [4.69, 9.17) is 73.9 Å². The Morgan fingerprint density at radius 1 is 0.574 bits per heavy atom. The van der Waals surface area contributed by atoms with Crippen LogP contribution in [-0.2, 0) is 162 Å². The number of methoxy groups -OCH3 is 1. The summed E-state index contributed by atoms with van der Waals surface area (Å²) in [6.07, 6.45) is -43.4. The Labute approximate surface area is 785 Å². The monoisotopic (exact) mass is 2110 g/mol. The number of nitrogens with zero attached hydrogens (tertiary/aromatic N) is 2. The number of nitrogens with one attached hydrogen (secondary N) is 9. The summed E-state index contributed by atoms with van der Waals surface area (Å²) in [6, 6.07) is -14.1. The molecule has 1 aliphatic carbocycles. The molecule has 32 atom stereocenters. The number of aliphatic hydroxyl groups excluding tert-OH is 6. The zero-order valence-electron chi connectivity index (χ0n) is 73.1. The van der Waals surface area contributed by atoms with E-state index in [2.05, 4.69) is 26.3 Å². The van der Waals surface area contributed by atoms with Crippen LogP contribution in [0.15, 0.2) is 4.99 Å². The van der Waals surface area contributed by atoms with E-state index in [0.717, 1.165) is 14.0 Å². The van der Waals surface area contributed by atoms with Gasteiger partial charge in [-0.3, -0.25) is 91.5 Å². The van der Waals surface area contributed by atoms with Crippen molar-refractivity contribution >= 4 is 140 Å². The molecule has 6 rings (SSSR count). The maximum Gasteiger partial charge on any atom is 0.397 e. The second-order valence-electron chi connectivity index (χ2n) is 32.0. The molecule has 61 nitrogen and oxygen atoms in total. The van der Waals surface area contributed by atoms with Gasteiger partial charge in [-0.1, -0.05) is 20.8 Å². The third-order valence-corrected chi connectivity index (χ3v) is 27.4. The van der Waals surface area contributed by atoms with Crippen LogP contribution in [0.25, 0.3) is 0 Å². The number of rotatable bonds is 54. The van der Waals surface area contributed by atoms with Crippen LogP contribution in [0, 0.1) is 11.8 Å². The summed E-state index contributed by atoms with van der Waals surface area (Å²) in [4.78, 5) is 138. The van der Waals surface area contributed by atoms with Gasteiger partial charge in [0.2, 0.25) is 41.4 Å². The molecule has 32 unspecified atom stereocenters. The fraction of sp³-hybridized carbons (Fsp3) is 0.838. The summed E-state index contributed by atoms with van der Waals surface area (Å²) in [5.41, 5.74) is 26.7. The van der Waals surface area contributed by atoms with Crippen LogP contribution in [0.5, 0.6) is 0 Å². The molecule has 0 aromatic carbocycles. The normalized spacial score (nSPS) is 31.7. The Hall–Kier alpha value is -6.70. The maximum absolute atomic E-state index is 14.6. The van der Waals surface area contributed by atoms with E-state index in [9.17, 15) is 162 Å². The van der Waals surface area contributed by atoms with Gasteiger partial charge in [0, 0.05) is 63.5 Å². The van der Waals surface area contributed by atoms with E-state index in [-0.39, 0.29) is 57.6 Å². The van der Waals surface area contributed by atoms with Crippen molar-refractivity contribution in [2.24, 2.45) is 39.8 Å². The van der Waals surface area contributed by atoms with Crippen molar-refractivity contribution in [3.8, 4) is 0 Å². The second kappa shape index (κ2) is 52.9. The zero-order valence-corrected chi connectivity index (χ0v) is 78.8. The third kappa shape index (κ3) is 35.8. The van der Waals surface area contributed by atoms with Crippen LogP contribution >= 0.6 is 11.8 Å². The summed E-state index contributed by atoms with van der Waals surface area (Å²) in [5, 5.41) is 94.0. The fourth-order valence-electron chi connectivity index (χ4n) is 15.6. The number of hydrogen-bond donors (Lipinski definition) is 27. The van der Waals surface area contributed by atoms with Crippen molar-refractivity contribution in [3.63, 3.8) is 0 Å². The van der Waals surface area contributed by atoms with Gasteiger partial charge in [0.05, 0.1) is 91.7 Å². The van der Waals surface area contributed by atoms with Gasteiger partial charge < -0.3 is 132 Å². The Balaban J connectivity index is 1.23. The summed E-state index contributed by atoms with van der Waals surface area (Å²) < 4.78 is 266. The van der Waals surface area contributed by atoms with Crippen molar-refractivity contribution in [1.29, 1.82) is 0 Å². The Morgan fingerprint density at radius 2 is 1.10 bits per heavy atom. The largest absolute Gasteiger partial charge is 0.481 e. The lowest BCUT2D eigenvalue weighted by Gasteiger charge is -2.49. The first-order chi connectivity index (χ1) is 63.3. The maximum atomic E-state index is 14.6. The van der Waals surface area contributed by atoms with Gasteiger partial charge in [-0.15, -0.1) is 11.8 Å². The summed E-state index contributed by atoms with van der Waals surface area (Å²) in [7, 11) is -26.7. The summed E-state index contributed by atoms with van der Waals surface area (Å²) >= 11 is -2.61. The number of aliphatic carboxylic acids is 2. The first-order valence-corrected chi connectivity index (χ1v) is 51.1. The number of carboxylic acid groups (broad SMARTS) is 2. The molecule has 0 aromatic heterocycles. The Kier molecular flexibility index (Phi) is 45.9. The number of nitrogens with two attached hydrogens (primary N) is 4. The highest BCUT2D eigenvalue weighted by molar-refractivity contribution is 8.00. The molecular weight excluding hydrogens is 1990 g/mol. The zero-order chi connectivity index (χ0) is 102. The lowest BCUT2D eigenvalue weighted by molar-refractivity contribution is -0.323. The standard InChI is InChI=1S/C68H119N15O46S7/c1-6-34-50(90)51(91)45(80-132(104,105)106)39(122-34)24-120-22-28-49(89)53(93)67(127-56-36(8-3)123-40(46(81-133(107,108)109)57(56)129-136(116,117)118)25-121-23-29-48(88)37(128-135(113,114)115)20-38(58(29)131(102)103)124-55-35(7-2)125-66(119-5)47(52(55)92)82-134(110,111)112)126-54(28)63(98)79-78-42(84)16-19-83-43(85)21-41(64(83)99)130-26-30(70)59(94)75-32(13-11-18-73-68(71)72)61(96)77-33(14-15-44(86)87)62(97)76-31(12-9-10-17-69)60(95)74-27(4)65(100)101/h27-41,45-58,66-67,80-82,88-93H,6-26,69-70H2,1-5H3,(H,74,95)(H,75,94)(H,76,97)(H,77,96)(H,78,84)(H,79,98)(H,86,87)(H,100,101)(H,102,103)(H4,71,72,73)(H,104,105,106)(H,107,108,109)(H,110,111,112)(H,113,114,115)(H,116,117,118). The van der Waals surface area contributed by atoms with E-state index in [1.807, 2.05) is 10.9 Å². The molecule has 784 valence electrons. The second-order valence-corrected chi connectivity index (χ2v) is 40.0. The van der Waals surface area contributed by atoms with E-state index in [0.29, 0.717) is 23.1 Å². The first-order valence-electron chi connectivity index (χ1n) is 41.8. The van der Waals surface area contributed by atoms with E-state index in [1.165, 1.54) is 20.8 Å². The number of imide groups is 1. The van der Waals surface area contributed by atoms with Gasteiger partial charge >= 0.3 is 63.6 Å². The number of likely N-dealkylation sites (tertiary alicyclic amines) is 1. The van der Waals surface area contributed by atoms with Crippen LogP contribution in [0.4, 0.5) is 0 Å². The molecule has 0 spiro atoms. The van der Waals surface area contributed by atoms with E-state index < -0.39 is 386 Å². The van der Waals surface area contributed by atoms with Crippen LogP contribution in [0.3, 0.4) is 0 Å². The van der Waals surface area contributed by atoms with Gasteiger partial charge in [-0.25, -0.2) is 12.6 Å². The summed E-state index contributed by atoms with van der Waals surface area (Å²) in [6.45, 7) is 0.303. The molecule has 5 heterocycles. The molecule has 1 saturated carbocycles. The highest BCUT2D eigenvalue weighted by Crippen LogP contribution is 2.40. The number of hydrogen-bond acceptors (Lipinski definition) is 42. The minimum atomic E-state index is -5.98. The minimum Gasteiger partial charge on any atom is -0.481 e. The number of carbonyl (C=O) groups is 10. The highest BCUT2D eigenvalue weighted by Gasteiger charge is 2.58. The van der Waals surface area contributed by atoms with E-state index >= 15 is 0 Å². The summed E-state index contributed by atoms with van der Waals surface area (Å²) in [5.74, 6) is -16.5. The van der Waals surface area contributed by atoms with Gasteiger partial charge in [-0.05, 0) is 71.3 Å². The number of hydrazine groups is 1. The molecule has 5 saturated heterocycles. The number of aliphatic imine (C=N–C) groups is 1. The van der Waals surface area contributed by atoms with Crippen LogP contribution in [0.2, 0.25) is 0 Å². The lowest BCUT2D eigenvalue weighted by atomic mass is 9.82. The molecular formula is C68H119N15O46S7. The molecule has 6 aliphatic rings. The van der Waals surface area contributed by atoms with Crippen LogP contribution in [0.1, 0.15) is 111 Å². The van der Waals surface area contributed by atoms with Gasteiger partial charge in [0.1, 0.15) is 97.4 Å². The lowest BCUT2D eigenvalue weighted by Crippen LogP contribution is -2.68. The predicted octanol–water partition coefficient (Wildman–Crippen LogP) is -13.1. The van der Waals surface area contributed by atoms with Gasteiger partial charge in [0.15, 0.2) is 29.6 Å². The molecule has 0 aromatic rings. The van der Waals surface area contributed by atoms with Crippen molar-refractivity contribution in [2.75, 3.05) is 58.9 Å². The van der Waals surface area contributed by atoms with Crippen LogP contribution in [-0.4, -0.2) is 419 Å². The molecule has 5 aliphatic heterocycles. The molecule has 0 radical (unpaired) electrons. The van der Waals surface area contributed by atoms with Gasteiger partial charge in [0.25, 0.3) is 5.91 Å². The number of amides is 8. The number of aliphatic hydroxyl groups is 6. The highest BCUT2D eigenvalue weighted by atomic mass is 32.3. The molecule has 136 heavy (non-hydrogen) atoms.